The minimum atomic E-state index is -0.112. The zero-order valence-corrected chi connectivity index (χ0v) is 13.9. The van der Waals surface area contributed by atoms with E-state index >= 15 is 0 Å². The molecule has 2 N–H and O–H groups in total. The van der Waals surface area contributed by atoms with Gasteiger partial charge in [0.25, 0.3) is 0 Å². The highest BCUT2D eigenvalue weighted by Gasteiger charge is 2.11. The fourth-order valence-electron chi connectivity index (χ4n) is 2.49. The van der Waals surface area contributed by atoms with Gasteiger partial charge in [-0.2, -0.15) is 0 Å². The third-order valence-corrected chi connectivity index (χ3v) is 3.73. The standard InChI is InChI=1S/C19H21NO5/c21-8-7-20-19(22)12-14-1-4-16(5-2-14)25-13-15-3-6-17-18(11-15)24-10-9-23-17/h1-6,11,21H,7-10,12-13H2,(H,20,22). The molecule has 0 aliphatic carbocycles. The van der Waals surface area contributed by atoms with Crippen molar-refractivity contribution in [2.24, 2.45) is 0 Å². The van der Waals surface area contributed by atoms with E-state index < -0.39 is 0 Å². The molecule has 1 heterocycles. The molecular weight excluding hydrogens is 322 g/mol. The molecule has 0 bridgehead atoms. The van der Waals surface area contributed by atoms with E-state index in [1.165, 1.54) is 0 Å². The number of ether oxygens (including phenoxy) is 3. The van der Waals surface area contributed by atoms with Gasteiger partial charge < -0.3 is 24.6 Å². The largest absolute Gasteiger partial charge is 0.489 e. The maximum absolute atomic E-state index is 11.6. The van der Waals surface area contributed by atoms with Crippen LogP contribution in [0.25, 0.3) is 0 Å². The first-order valence-corrected chi connectivity index (χ1v) is 8.22. The Labute approximate surface area is 146 Å². The normalized spacial score (nSPS) is 12.5. The van der Waals surface area contributed by atoms with Gasteiger partial charge >= 0.3 is 0 Å². The van der Waals surface area contributed by atoms with Crippen molar-refractivity contribution in [3.05, 3.63) is 53.6 Å². The van der Waals surface area contributed by atoms with Crippen LogP contribution in [0.3, 0.4) is 0 Å². The van der Waals surface area contributed by atoms with E-state index in [0.717, 1.165) is 28.4 Å². The fraction of sp³-hybridized carbons (Fsp3) is 0.316. The second-order valence-corrected chi connectivity index (χ2v) is 5.66. The number of benzene rings is 2. The molecule has 6 heteroatoms. The first kappa shape index (κ1) is 17.1. The predicted molar refractivity (Wildman–Crippen MR) is 92.0 cm³/mol. The first-order valence-electron chi connectivity index (χ1n) is 8.22. The number of amides is 1. The molecule has 132 valence electrons. The van der Waals surface area contributed by atoms with Crippen LogP contribution in [0.4, 0.5) is 0 Å². The monoisotopic (exact) mass is 343 g/mol. The molecule has 0 aromatic heterocycles. The van der Waals surface area contributed by atoms with E-state index in [-0.39, 0.29) is 25.5 Å². The van der Waals surface area contributed by atoms with Crippen molar-refractivity contribution >= 4 is 5.91 Å². The van der Waals surface area contributed by atoms with E-state index in [9.17, 15) is 4.79 Å². The number of rotatable bonds is 7. The van der Waals surface area contributed by atoms with Crippen LogP contribution in [0.15, 0.2) is 42.5 Å². The number of aliphatic hydroxyl groups is 1. The first-order chi connectivity index (χ1) is 12.2. The van der Waals surface area contributed by atoms with E-state index in [4.69, 9.17) is 19.3 Å². The van der Waals surface area contributed by atoms with Gasteiger partial charge in [0.2, 0.25) is 5.91 Å². The van der Waals surface area contributed by atoms with Crippen molar-refractivity contribution in [1.82, 2.24) is 5.32 Å². The number of carbonyl (C=O) groups excluding carboxylic acids is 1. The summed E-state index contributed by atoms with van der Waals surface area (Å²) in [6, 6.07) is 13.2. The molecule has 2 aromatic carbocycles. The van der Waals surface area contributed by atoms with Crippen molar-refractivity contribution < 1.29 is 24.1 Å². The molecule has 3 rings (SSSR count). The molecule has 0 saturated heterocycles. The lowest BCUT2D eigenvalue weighted by molar-refractivity contribution is -0.120. The van der Waals surface area contributed by atoms with Crippen LogP contribution in [-0.4, -0.2) is 37.4 Å². The fourth-order valence-corrected chi connectivity index (χ4v) is 2.49. The number of carbonyl (C=O) groups is 1. The Kier molecular flexibility index (Phi) is 5.74. The number of hydrogen-bond acceptors (Lipinski definition) is 5. The van der Waals surface area contributed by atoms with Crippen LogP contribution in [-0.2, 0) is 17.8 Å². The van der Waals surface area contributed by atoms with Crippen molar-refractivity contribution in [2.45, 2.75) is 13.0 Å². The smallest absolute Gasteiger partial charge is 0.224 e. The van der Waals surface area contributed by atoms with Crippen LogP contribution >= 0.6 is 0 Å². The summed E-state index contributed by atoms with van der Waals surface area (Å²) in [4.78, 5) is 11.6. The molecule has 6 nitrogen and oxygen atoms in total. The molecule has 0 unspecified atom stereocenters. The second-order valence-electron chi connectivity index (χ2n) is 5.66. The maximum Gasteiger partial charge on any atom is 0.224 e. The molecule has 0 spiro atoms. The number of aliphatic hydroxyl groups excluding tert-OH is 1. The minimum absolute atomic E-state index is 0.0572. The lowest BCUT2D eigenvalue weighted by atomic mass is 10.1. The molecule has 25 heavy (non-hydrogen) atoms. The molecule has 0 atom stereocenters. The van der Waals surface area contributed by atoms with Gasteiger partial charge in [-0.1, -0.05) is 18.2 Å². The van der Waals surface area contributed by atoms with Crippen molar-refractivity contribution in [2.75, 3.05) is 26.4 Å². The highest BCUT2D eigenvalue weighted by atomic mass is 16.6. The summed E-state index contributed by atoms with van der Waals surface area (Å²) in [5.74, 6) is 2.13. The second kappa shape index (κ2) is 8.39. The number of nitrogens with one attached hydrogen (secondary N) is 1. The van der Waals surface area contributed by atoms with Crippen molar-refractivity contribution in [3.8, 4) is 17.2 Å². The van der Waals surface area contributed by atoms with Crippen molar-refractivity contribution in [3.63, 3.8) is 0 Å². The molecule has 0 saturated carbocycles. The van der Waals surface area contributed by atoms with Crippen LogP contribution in [0.1, 0.15) is 11.1 Å². The minimum Gasteiger partial charge on any atom is -0.489 e. The highest BCUT2D eigenvalue weighted by Crippen LogP contribution is 2.31. The van der Waals surface area contributed by atoms with Gasteiger partial charge in [0, 0.05) is 6.54 Å². The zero-order chi connectivity index (χ0) is 17.5. The molecule has 1 aliphatic rings. The topological polar surface area (TPSA) is 77.0 Å². The third-order valence-electron chi connectivity index (χ3n) is 3.73. The van der Waals surface area contributed by atoms with Crippen LogP contribution in [0, 0.1) is 0 Å². The average Bonchev–Trinajstić information content (AvgIpc) is 2.65. The SMILES string of the molecule is O=C(Cc1ccc(OCc2ccc3c(c2)OCCO3)cc1)NCCO. The van der Waals surface area contributed by atoms with Gasteiger partial charge in [-0.05, 0) is 35.4 Å². The average molecular weight is 343 g/mol. The summed E-state index contributed by atoms with van der Waals surface area (Å²) in [5, 5.41) is 11.3. The lowest BCUT2D eigenvalue weighted by Crippen LogP contribution is -2.27. The van der Waals surface area contributed by atoms with E-state index in [0.29, 0.717) is 19.8 Å². The Balaban J connectivity index is 1.52. The predicted octanol–water partition coefficient (Wildman–Crippen LogP) is 1.69. The summed E-state index contributed by atoms with van der Waals surface area (Å²) in [6.45, 7) is 1.78. The Morgan fingerprint density at radius 3 is 2.52 bits per heavy atom. The molecular formula is C19H21NO5. The lowest BCUT2D eigenvalue weighted by Gasteiger charge is -2.19. The zero-order valence-electron chi connectivity index (χ0n) is 13.9. The summed E-state index contributed by atoms with van der Waals surface area (Å²) >= 11 is 0. The van der Waals surface area contributed by atoms with Gasteiger partial charge in [0.05, 0.1) is 13.0 Å². The van der Waals surface area contributed by atoms with Gasteiger partial charge in [-0.15, -0.1) is 0 Å². The van der Waals surface area contributed by atoms with E-state index in [1.807, 2.05) is 42.5 Å². The van der Waals surface area contributed by atoms with Crippen LogP contribution in [0.5, 0.6) is 17.2 Å². The number of hydrogen-bond donors (Lipinski definition) is 2. The van der Waals surface area contributed by atoms with Crippen molar-refractivity contribution in [1.29, 1.82) is 0 Å². The van der Waals surface area contributed by atoms with Crippen LogP contribution in [0.2, 0.25) is 0 Å². The molecule has 1 amide bonds. The molecule has 1 aliphatic heterocycles. The van der Waals surface area contributed by atoms with Gasteiger partial charge in [0.1, 0.15) is 25.6 Å². The summed E-state index contributed by atoms with van der Waals surface area (Å²) in [5.41, 5.74) is 1.89. The maximum atomic E-state index is 11.6. The van der Waals surface area contributed by atoms with Crippen LogP contribution < -0.4 is 19.5 Å². The Bertz CT molecular complexity index is 714. The van der Waals surface area contributed by atoms with E-state index in [1.54, 1.807) is 0 Å². The summed E-state index contributed by atoms with van der Waals surface area (Å²) in [7, 11) is 0. The van der Waals surface area contributed by atoms with Gasteiger partial charge in [-0.25, -0.2) is 0 Å². The summed E-state index contributed by atoms with van der Waals surface area (Å²) < 4.78 is 16.8. The Morgan fingerprint density at radius 2 is 1.76 bits per heavy atom. The quantitative estimate of drug-likeness (QED) is 0.800. The van der Waals surface area contributed by atoms with Gasteiger partial charge in [-0.3, -0.25) is 4.79 Å². The van der Waals surface area contributed by atoms with E-state index in [2.05, 4.69) is 5.32 Å². The Hall–Kier alpha value is -2.73. The summed E-state index contributed by atoms with van der Waals surface area (Å²) in [6.07, 6.45) is 0.280. The molecule has 0 fully saturated rings. The third kappa shape index (κ3) is 4.87. The Morgan fingerprint density at radius 1 is 1.04 bits per heavy atom. The molecule has 0 radical (unpaired) electrons. The molecule has 2 aromatic rings. The highest BCUT2D eigenvalue weighted by molar-refractivity contribution is 5.78. The van der Waals surface area contributed by atoms with Gasteiger partial charge in [0.15, 0.2) is 11.5 Å². The number of fused-ring (bicyclic) bond motifs is 1.